The lowest BCUT2D eigenvalue weighted by Crippen LogP contribution is -2.26. The summed E-state index contributed by atoms with van der Waals surface area (Å²) in [5, 5.41) is 5.98. The van der Waals surface area contributed by atoms with Crippen LogP contribution in [0.2, 0.25) is 0 Å². The van der Waals surface area contributed by atoms with E-state index >= 15 is 0 Å². The molecule has 3 rings (SSSR count). The fraction of sp³-hybridized carbons (Fsp3) is 0.250. The van der Waals surface area contributed by atoms with Gasteiger partial charge in [0.05, 0.1) is 17.6 Å². The molecule has 0 aliphatic heterocycles. The van der Waals surface area contributed by atoms with E-state index in [-0.39, 0.29) is 0 Å². The lowest BCUT2D eigenvalue weighted by atomic mass is 10.1. The van der Waals surface area contributed by atoms with Crippen LogP contribution in [0, 0.1) is 20.8 Å². The molecule has 0 bridgehead atoms. The number of hydrogen-bond donors (Lipinski definition) is 1. The van der Waals surface area contributed by atoms with Gasteiger partial charge in [0.15, 0.2) is 0 Å². The van der Waals surface area contributed by atoms with Crippen molar-refractivity contribution < 1.29 is 4.74 Å². The van der Waals surface area contributed by atoms with Crippen LogP contribution in [0.1, 0.15) is 22.3 Å². The van der Waals surface area contributed by atoms with Crippen molar-refractivity contribution in [3.8, 4) is 11.4 Å². The Kier molecular flexibility index (Phi) is 4.76. The van der Waals surface area contributed by atoms with E-state index in [4.69, 9.17) is 10.6 Å². The van der Waals surface area contributed by atoms with Gasteiger partial charge < -0.3 is 9.75 Å². The van der Waals surface area contributed by atoms with Crippen LogP contribution in [0.25, 0.3) is 5.69 Å². The average molecular weight is 336 g/mol. The third kappa shape index (κ3) is 3.67. The predicted molar refractivity (Wildman–Crippen MR) is 101 cm³/mol. The maximum Gasteiger partial charge on any atom is 0.122 e. The first kappa shape index (κ1) is 17.0. The Morgan fingerprint density at radius 3 is 2.56 bits per heavy atom. The van der Waals surface area contributed by atoms with Crippen LogP contribution in [0.5, 0.6) is 5.75 Å². The topological polar surface area (TPSA) is 56.3 Å². The van der Waals surface area contributed by atoms with Crippen molar-refractivity contribution in [3.63, 3.8) is 0 Å². The Morgan fingerprint density at radius 1 is 1.12 bits per heavy atom. The molecule has 2 N–H and O–H groups in total. The number of benzene rings is 2. The Labute approximate surface area is 148 Å². The summed E-state index contributed by atoms with van der Waals surface area (Å²) in [5.74, 6) is 6.80. The smallest absolute Gasteiger partial charge is 0.122 e. The van der Waals surface area contributed by atoms with Gasteiger partial charge in [-0.15, -0.1) is 0 Å². The molecule has 25 heavy (non-hydrogen) atoms. The molecule has 2 aromatic carbocycles. The second-order valence-corrected chi connectivity index (χ2v) is 6.38. The third-order valence-electron chi connectivity index (χ3n) is 4.27. The molecule has 0 atom stereocenters. The van der Waals surface area contributed by atoms with Gasteiger partial charge in [0.2, 0.25) is 0 Å². The molecule has 0 aliphatic rings. The SMILES string of the molecule is Cc1cnn(-c2ccc(OCc3c(C)cccc3N(C)N)c(C)c2)c1. The van der Waals surface area contributed by atoms with Crippen LogP contribution in [-0.4, -0.2) is 16.8 Å². The van der Waals surface area contributed by atoms with E-state index in [0.717, 1.165) is 39.4 Å². The zero-order chi connectivity index (χ0) is 18.0. The molecule has 0 radical (unpaired) electrons. The maximum atomic E-state index is 6.08. The summed E-state index contributed by atoms with van der Waals surface area (Å²) in [5.41, 5.74) is 6.46. The fourth-order valence-corrected chi connectivity index (χ4v) is 2.85. The standard InChI is InChI=1S/C20H24N4O/c1-14-11-22-24(12-14)17-8-9-20(16(3)10-17)25-13-18-15(2)6-5-7-19(18)23(4)21/h5-12H,13,21H2,1-4H3. The highest BCUT2D eigenvalue weighted by Crippen LogP contribution is 2.26. The summed E-state index contributed by atoms with van der Waals surface area (Å²) in [6, 6.07) is 12.2. The van der Waals surface area contributed by atoms with Crippen LogP contribution in [0.4, 0.5) is 5.69 Å². The summed E-state index contributed by atoms with van der Waals surface area (Å²) < 4.78 is 7.95. The molecule has 1 heterocycles. The maximum absolute atomic E-state index is 6.08. The van der Waals surface area contributed by atoms with E-state index in [9.17, 15) is 0 Å². The van der Waals surface area contributed by atoms with Crippen molar-refractivity contribution in [2.45, 2.75) is 27.4 Å². The second-order valence-electron chi connectivity index (χ2n) is 6.38. The van der Waals surface area contributed by atoms with E-state index in [1.807, 2.05) is 62.2 Å². The number of anilines is 1. The van der Waals surface area contributed by atoms with Gasteiger partial charge in [0.1, 0.15) is 12.4 Å². The Hall–Kier alpha value is -2.79. The first-order valence-electron chi connectivity index (χ1n) is 8.27. The predicted octanol–water partition coefficient (Wildman–Crippen LogP) is 3.69. The third-order valence-corrected chi connectivity index (χ3v) is 4.27. The molecule has 0 saturated carbocycles. The number of nitrogens with two attached hydrogens (primary N) is 1. The summed E-state index contributed by atoms with van der Waals surface area (Å²) in [7, 11) is 1.84. The van der Waals surface area contributed by atoms with Crippen molar-refractivity contribution in [1.82, 2.24) is 9.78 Å². The number of hydrazine groups is 1. The lowest BCUT2D eigenvalue weighted by molar-refractivity contribution is 0.303. The van der Waals surface area contributed by atoms with Crippen LogP contribution < -0.4 is 15.6 Å². The molecule has 1 aromatic heterocycles. The quantitative estimate of drug-likeness (QED) is 0.570. The number of hydrogen-bond acceptors (Lipinski definition) is 4. The van der Waals surface area contributed by atoms with Gasteiger partial charge in [-0.05, 0) is 61.7 Å². The van der Waals surface area contributed by atoms with Gasteiger partial charge in [-0.3, -0.25) is 0 Å². The van der Waals surface area contributed by atoms with Crippen molar-refractivity contribution in [3.05, 3.63) is 71.0 Å². The first-order valence-corrected chi connectivity index (χ1v) is 8.27. The number of ether oxygens (including phenoxy) is 1. The highest BCUT2D eigenvalue weighted by atomic mass is 16.5. The van der Waals surface area contributed by atoms with Crippen LogP contribution in [0.15, 0.2) is 48.8 Å². The summed E-state index contributed by atoms with van der Waals surface area (Å²) in [6.45, 7) is 6.62. The Bertz CT molecular complexity index is 883. The Morgan fingerprint density at radius 2 is 1.92 bits per heavy atom. The second kappa shape index (κ2) is 6.99. The average Bonchev–Trinajstić information content (AvgIpc) is 3.01. The van der Waals surface area contributed by atoms with Gasteiger partial charge in [-0.2, -0.15) is 5.10 Å². The minimum Gasteiger partial charge on any atom is -0.489 e. The molecule has 5 nitrogen and oxygen atoms in total. The van der Waals surface area contributed by atoms with Crippen molar-refractivity contribution >= 4 is 5.69 Å². The van der Waals surface area contributed by atoms with Crippen molar-refractivity contribution in [2.75, 3.05) is 12.1 Å². The first-order chi connectivity index (χ1) is 12.0. The largest absolute Gasteiger partial charge is 0.489 e. The monoisotopic (exact) mass is 336 g/mol. The van der Waals surface area contributed by atoms with Gasteiger partial charge >= 0.3 is 0 Å². The molecule has 0 aliphatic carbocycles. The van der Waals surface area contributed by atoms with Crippen LogP contribution in [0.3, 0.4) is 0 Å². The molecule has 5 heteroatoms. The number of nitrogens with zero attached hydrogens (tertiary/aromatic N) is 3. The zero-order valence-corrected chi connectivity index (χ0v) is 15.2. The van der Waals surface area contributed by atoms with Crippen molar-refractivity contribution in [2.24, 2.45) is 5.84 Å². The van der Waals surface area contributed by atoms with Gasteiger partial charge in [-0.1, -0.05) is 12.1 Å². The minimum absolute atomic E-state index is 0.477. The number of aromatic nitrogens is 2. The normalized spacial score (nSPS) is 10.8. The summed E-state index contributed by atoms with van der Waals surface area (Å²) >= 11 is 0. The fourth-order valence-electron chi connectivity index (χ4n) is 2.85. The van der Waals surface area contributed by atoms with E-state index in [1.165, 1.54) is 0 Å². The van der Waals surface area contributed by atoms with Crippen molar-refractivity contribution in [1.29, 1.82) is 0 Å². The van der Waals surface area contributed by atoms with E-state index in [1.54, 1.807) is 5.01 Å². The minimum atomic E-state index is 0.477. The zero-order valence-electron chi connectivity index (χ0n) is 15.2. The molecule has 0 spiro atoms. The van der Waals surface area contributed by atoms with Gasteiger partial charge in [-0.25, -0.2) is 10.5 Å². The molecule has 0 fully saturated rings. The summed E-state index contributed by atoms with van der Waals surface area (Å²) in [6.07, 6.45) is 3.86. The van der Waals surface area contributed by atoms with Crippen LogP contribution in [-0.2, 0) is 6.61 Å². The molecule has 0 amide bonds. The van der Waals surface area contributed by atoms with E-state index in [2.05, 4.69) is 24.2 Å². The summed E-state index contributed by atoms with van der Waals surface area (Å²) in [4.78, 5) is 0. The van der Waals surface area contributed by atoms with E-state index in [0.29, 0.717) is 6.61 Å². The van der Waals surface area contributed by atoms with Gasteiger partial charge in [0, 0.05) is 18.8 Å². The van der Waals surface area contributed by atoms with E-state index < -0.39 is 0 Å². The molecular formula is C20H24N4O. The lowest BCUT2D eigenvalue weighted by Gasteiger charge is -2.19. The Balaban J connectivity index is 1.81. The van der Waals surface area contributed by atoms with Crippen LogP contribution >= 0.6 is 0 Å². The number of rotatable bonds is 5. The highest BCUT2D eigenvalue weighted by Gasteiger charge is 2.10. The molecular weight excluding hydrogens is 312 g/mol. The molecule has 130 valence electrons. The van der Waals surface area contributed by atoms with Gasteiger partial charge in [0.25, 0.3) is 0 Å². The molecule has 3 aromatic rings. The highest BCUT2D eigenvalue weighted by molar-refractivity contribution is 5.55. The number of aryl methyl sites for hydroxylation is 3. The molecule has 0 saturated heterocycles. The molecule has 0 unspecified atom stereocenters.